The topological polar surface area (TPSA) is 41.6 Å². The summed E-state index contributed by atoms with van der Waals surface area (Å²) in [7, 11) is 0. The van der Waals surface area contributed by atoms with Gasteiger partial charge < -0.3 is 15.0 Å². The molecule has 1 aromatic rings. The molecule has 5 heteroatoms. The van der Waals surface area contributed by atoms with Gasteiger partial charge in [-0.1, -0.05) is 12.1 Å². The summed E-state index contributed by atoms with van der Waals surface area (Å²) < 4.78 is 5.49. The number of hydrogen-bond acceptors (Lipinski definition) is 3. The summed E-state index contributed by atoms with van der Waals surface area (Å²) in [5, 5.41) is 3.06. The highest BCUT2D eigenvalue weighted by Crippen LogP contribution is 2.19. The second-order valence-electron chi connectivity index (χ2n) is 4.78. The van der Waals surface area contributed by atoms with Crippen molar-refractivity contribution in [3.05, 3.63) is 29.8 Å². The van der Waals surface area contributed by atoms with E-state index >= 15 is 0 Å². The zero-order valence-electron chi connectivity index (χ0n) is 12.1. The highest BCUT2D eigenvalue weighted by Gasteiger charge is 2.18. The fourth-order valence-electron chi connectivity index (χ4n) is 2.17. The second kappa shape index (κ2) is 7.43. The van der Waals surface area contributed by atoms with Gasteiger partial charge in [-0.2, -0.15) is 11.8 Å². The van der Waals surface area contributed by atoms with Gasteiger partial charge >= 0.3 is 6.03 Å². The number of ether oxygens (including phenoxy) is 1. The minimum atomic E-state index is -0.0162. The van der Waals surface area contributed by atoms with Gasteiger partial charge in [-0.3, -0.25) is 0 Å². The number of carbonyl (C=O) groups excluding carboxylic acids is 1. The smallest absolute Gasteiger partial charge is 0.317 e. The predicted octanol–water partition coefficient (Wildman–Crippen LogP) is 2.90. The number of amides is 2. The number of thioether (sulfide) groups is 1. The molecule has 110 valence electrons. The molecule has 1 saturated heterocycles. The number of urea groups is 1. The Morgan fingerprint density at radius 3 is 2.90 bits per heavy atom. The molecule has 0 spiro atoms. The van der Waals surface area contributed by atoms with E-state index in [-0.39, 0.29) is 12.1 Å². The largest absolute Gasteiger partial charge is 0.494 e. The summed E-state index contributed by atoms with van der Waals surface area (Å²) in [6, 6.07) is 7.90. The summed E-state index contributed by atoms with van der Waals surface area (Å²) in [5.74, 6) is 2.91. The number of hydrogen-bond donors (Lipinski definition) is 1. The number of nitrogens with one attached hydrogen (secondary N) is 1. The molecule has 0 radical (unpaired) electrons. The number of benzene rings is 1. The van der Waals surface area contributed by atoms with Crippen molar-refractivity contribution in [1.29, 1.82) is 0 Å². The van der Waals surface area contributed by atoms with E-state index in [0.717, 1.165) is 35.9 Å². The third-order valence-corrected chi connectivity index (χ3v) is 4.25. The van der Waals surface area contributed by atoms with Gasteiger partial charge in [0.1, 0.15) is 5.75 Å². The van der Waals surface area contributed by atoms with Crippen LogP contribution in [0.25, 0.3) is 0 Å². The first-order valence-corrected chi connectivity index (χ1v) is 8.22. The van der Waals surface area contributed by atoms with Crippen molar-refractivity contribution in [2.75, 3.05) is 31.2 Å². The van der Waals surface area contributed by atoms with Gasteiger partial charge in [0.25, 0.3) is 0 Å². The van der Waals surface area contributed by atoms with Gasteiger partial charge in [0.05, 0.1) is 12.6 Å². The van der Waals surface area contributed by atoms with Gasteiger partial charge in [-0.15, -0.1) is 0 Å². The van der Waals surface area contributed by atoms with Crippen LogP contribution in [-0.2, 0) is 0 Å². The molecule has 1 aliphatic rings. The van der Waals surface area contributed by atoms with Crippen molar-refractivity contribution in [3.8, 4) is 5.75 Å². The number of nitrogens with zero attached hydrogens (tertiary/aromatic N) is 1. The summed E-state index contributed by atoms with van der Waals surface area (Å²) in [6.45, 7) is 6.29. The fraction of sp³-hybridized carbons (Fsp3) is 0.533. The predicted molar refractivity (Wildman–Crippen MR) is 83.5 cm³/mol. The Morgan fingerprint density at radius 2 is 2.20 bits per heavy atom. The summed E-state index contributed by atoms with van der Waals surface area (Å²) in [4.78, 5) is 14.1. The Morgan fingerprint density at radius 1 is 1.45 bits per heavy atom. The molecule has 1 aliphatic heterocycles. The molecule has 1 aromatic carbocycles. The van der Waals surface area contributed by atoms with Crippen LogP contribution in [0.3, 0.4) is 0 Å². The molecular weight excluding hydrogens is 272 g/mol. The third kappa shape index (κ3) is 4.07. The quantitative estimate of drug-likeness (QED) is 0.928. The molecule has 2 rings (SSSR count). The molecule has 2 amide bonds. The lowest BCUT2D eigenvalue weighted by Gasteiger charge is -2.28. The minimum Gasteiger partial charge on any atom is -0.494 e. The molecule has 20 heavy (non-hydrogen) atoms. The number of rotatable bonds is 4. The Hall–Kier alpha value is -1.36. The zero-order valence-corrected chi connectivity index (χ0v) is 12.9. The van der Waals surface area contributed by atoms with Gasteiger partial charge in [-0.05, 0) is 31.5 Å². The Bertz CT molecular complexity index is 447. The molecule has 0 aromatic heterocycles. The van der Waals surface area contributed by atoms with E-state index in [1.165, 1.54) is 0 Å². The van der Waals surface area contributed by atoms with Crippen LogP contribution in [0, 0.1) is 0 Å². The summed E-state index contributed by atoms with van der Waals surface area (Å²) in [6.07, 6.45) is 0. The normalized spacial score (nSPS) is 16.6. The molecule has 0 bridgehead atoms. The van der Waals surface area contributed by atoms with Crippen molar-refractivity contribution in [3.63, 3.8) is 0 Å². The zero-order chi connectivity index (χ0) is 14.4. The first-order valence-electron chi connectivity index (χ1n) is 7.06. The molecular formula is C15H22N2O2S. The molecule has 1 atom stereocenters. The molecule has 1 heterocycles. The van der Waals surface area contributed by atoms with E-state index < -0.39 is 0 Å². The van der Waals surface area contributed by atoms with E-state index in [4.69, 9.17) is 4.74 Å². The Kier molecular flexibility index (Phi) is 5.59. The molecule has 4 nitrogen and oxygen atoms in total. The Labute approximate surface area is 124 Å². The second-order valence-corrected chi connectivity index (χ2v) is 6.00. The first kappa shape index (κ1) is 15.0. The highest BCUT2D eigenvalue weighted by molar-refractivity contribution is 7.99. The van der Waals surface area contributed by atoms with Crippen LogP contribution >= 0.6 is 11.8 Å². The number of carbonyl (C=O) groups is 1. The van der Waals surface area contributed by atoms with Crippen LogP contribution < -0.4 is 10.1 Å². The van der Waals surface area contributed by atoms with Crippen LogP contribution in [0.5, 0.6) is 5.75 Å². The summed E-state index contributed by atoms with van der Waals surface area (Å²) in [5.41, 5.74) is 1.07. The maximum atomic E-state index is 12.2. The van der Waals surface area contributed by atoms with Crippen LogP contribution in [0.1, 0.15) is 25.5 Å². The third-order valence-electron chi connectivity index (χ3n) is 3.31. The maximum absolute atomic E-state index is 12.2. The average Bonchev–Trinajstić information content (AvgIpc) is 2.48. The van der Waals surface area contributed by atoms with Crippen molar-refractivity contribution in [2.45, 2.75) is 19.9 Å². The van der Waals surface area contributed by atoms with E-state index in [1.54, 1.807) is 0 Å². The molecule has 1 N–H and O–H groups in total. The average molecular weight is 294 g/mol. The molecule has 0 aliphatic carbocycles. The van der Waals surface area contributed by atoms with Crippen LogP contribution in [0.15, 0.2) is 24.3 Å². The van der Waals surface area contributed by atoms with E-state index in [0.29, 0.717) is 6.61 Å². The fourth-order valence-corrected chi connectivity index (χ4v) is 3.07. The standard InChI is InChI=1S/C15H22N2O2S/c1-3-19-14-6-4-5-13(11-14)12(2)16-15(18)17-7-9-20-10-8-17/h4-6,11-12H,3,7-10H2,1-2H3,(H,16,18)/t12-/m0/s1. The lowest BCUT2D eigenvalue weighted by Crippen LogP contribution is -2.45. The SMILES string of the molecule is CCOc1cccc([C@H](C)NC(=O)N2CCSCC2)c1. The van der Waals surface area contributed by atoms with Crippen molar-refractivity contribution in [2.24, 2.45) is 0 Å². The molecule has 1 fully saturated rings. The summed E-state index contributed by atoms with van der Waals surface area (Å²) >= 11 is 1.90. The van der Waals surface area contributed by atoms with Gasteiger partial charge in [-0.25, -0.2) is 4.79 Å². The van der Waals surface area contributed by atoms with E-state index in [9.17, 15) is 4.79 Å². The first-order chi connectivity index (χ1) is 9.70. The van der Waals surface area contributed by atoms with Crippen molar-refractivity contribution >= 4 is 17.8 Å². The van der Waals surface area contributed by atoms with Crippen LogP contribution in [0.2, 0.25) is 0 Å². The lowest BCUT2D eigenvalue weighted by molar-refractivity contribution is 0.199. The van der Waals surface area contributed by atoms with E-state index in [1.807, 2.05) is 54.8 Å². The van der Waals surface area contributed by atoms with Crippen molar-refractivity contribution in [1.82, 2.24) is 10.2 Å². The van der Waals surface area contributed by atoms with E-state index in [2.05, 4.69) is 5.32 Å². The van der Waals surface area contributed by atoms with Gasteiger partial charge in [0.2, 0.25) is 0 Å². The monoisotopic (exact) mass is 294 g/mol. The van der Waals surface area contributed by atoms with Crippen molar-refractivity contribution < 1.29 is 9.53 Å². The lowest BCUT2D eigenvalue weighted by atomic mass is 10.1. The van der Waals surface area contributed by atoms with Gasteiger partial charge in [0, 0.05) is 24.6 Å². The Balaban J connectivity index is 1.94. The minimum absolute atomic E-state index is 0.0162. The molecule has 0 unspecified atom stereocenters. The van der Waals surface area contributed by atoms with Gasteiger partial charge in [0.15, 0.2) is 0 Å². The highest BCUT2D eigenvalue weighted by atomic mass is 32.2. The maximum Gasteiger partial charge on any atom is 0.317 e. The van der Waals surface area contributed by atoms with Crippen LogP contribution in [-0.4, -0.2) is 42.1 Å². The van der Waals surface area contributed by atoms with Crippen LogP contribution in [0.4, 0.5) is 4.79 Å². The molecule has 0 saturated carbocycles.